The molecule has 0 aliphatic rings. The van der Waals surface area contributed by atoms with Crippen LogP contribution in [-0.2, 0) is 16.0 Å². The van der Waals surface area contributed by atoms with Gasteiger partial charge in [-0.05, 0) is 58.7 Å². The van der Waals surface area contributed by atoms with E-state index in [2.05, 4.69) is 0 Å². The molecule has 1 aromatic heterocycles. The summed E-state index contributed by atoms with van der Waals surface area (Å²) in [4.78, 5) is 41.3. The van der Waals surface area contributed by atoms with Crippen molar-refractivity contribution >= 4 is 17.7 Å². The lowest BCUT2D eigenvalue weighted by molar-refractivity contribution is 0.0512. The van der Waals surface area contributed by atoms with Gasteiger partial charge in [-0.2, -0.15) is 0 Å². The van der Waals surface area contributed by atoms with Gasteiger partial charge in [-0.25, -0.2) is 4.79 Å². The molecule has 0 saturated carbocycles. The van der Waals surface area contributed by atoms with E-state index in [9.17, 15) is 14.4 Å². The van der Waals surface area contributed by atoms with E-state index in [1.54, 1.807) is 43.5 Å². The molecule has 1 aromatic carbocycles. The Morgan fingerprint density at radius 2 is 1.58 bits per heavy atom. The van der Waals surface area contributed by atoms with E-state index in [0.29, 0.717) is 72.3 Å². The molecule has 0 N–H and O–H groups in total. The van der Waals surface area contributed by atoms with Gasteiger partial charge in [0.05, 0.1) is 27.4 Å². The van der Waals surface area contributed by atoms with Crippen molar-refractivity contribution in [3.63, 3.8) is 0 Å². The first kappa shape index (κ1) is 28.9. The molecule has 9 nitrogen and oxygen atoms in total. The lowest BCUT2D eigenvalue weighted by atomic mass is 10.0. The van der Waals surface area contributed by atoms with Gasteiger partial charge in [-0.1, -0.05) is 0 Å². The highest BCUT2D eigenvalue weighted by Crippen LogP contribution is 2.26. The van der Waals surface area contributed by atoms with E-state index in [1.165, 1.54) is 19.1 Å². The Balaban J connectivity index is 2.43. The summed E-state index contributed by atoms with van der Waals surface area (Å²) in [5, 5.41) is 0. The summed E-state index contributed by atoms with van der Waals surface area (Å²) in [6.45, 7) is 11.0. The SMILES string of the molecule is CCOCCCN(CC(=O)c1c(C)c(C(=O)OCC)n(CC)c1C)C(=O)c1cc(OC)cc(OC)c1. The lowest BCUT2D eigenvalue weighted by Crippen LogP contribution is -2.37. The molecule has 36 heavy (non-hydrogen) atoms. The number of Topliss-reactive ketones (excluding diaryl/α,β-unsaturated/α-hetero) is 1. The third-order valence-corrected chi connectivity index (χ3v) is 5.97. The predicted molar refractivity (Wildman–Crippen MR) is 136 cm³/mol. The number of ether oxygens (including phenoxy) is 4. The van der Waals surface area contributed by atoms with Crippen LogP contribution in [0.15, 0.2) is 18.2 Å². The fourth-order valence-corrected chi connectivity index (χ4v) is 4.28. The summed E-state index contributed by atoms with van der Waals surface area (Å²) in [7, 11) is 3.02. The Bertz CT molecular complexity index is 1050. The van der Waals surface area contributed by atoms with Crippen molar-refractivity contribution < 1.29 is 33.3 Å². The molecule has 0 atom stereocenters. The predicted octanol–water partition coefficient (Wildman–Crippen LogP) is 4.07. The van der Waals surface area contributed by atoms with Crippen molar-refractivity contribution in [2.45, 2.75) is 47.6 Å². The number of hydrogen-bond acceptors (Lipinski definition) is 7. The monoisotopic (exact) mass is 502 g/mol. The second kappa shape index (κ2) is 13.7. The first-order valence-electron chi connectivity index (χ1n) is 12.2. The smallest absolute Gasteiger partial charge is 0.355 e. The standard InChI is InChI=1S/C27H38N2O7/c1-8-29-19(5)24(18(4)25(29)27(32)36-10-3)23(30)17-28(12-11-13-35-9-2)26(31)20-14-21(33-6)16-22(15-20)34-7/h14-16H,8-13,17H2,1-7H3. The molecule has 1 amide bonds. The zero-order chi connectivity index (χ0) is 26.8. The molecule has 2 rings (SSSR count). The second-order valence-electron chi connectivity index (χ2n) is 8.20. The summed E-state index contributed by atoms with van der Waals surface area (Å²) in [6.07, 6.45) is 0.565. The molecule has 2 aromatic rings. The molecule has 0 saturated heterocycles. The van der Waals surface area contributed by atoms with Gasteiger partial charge in [0.2, 0.25) is 0 Å². The van der Waals surface area contributed by atoms with E-state index < -0.39 is 5.97 Å². The summed E-state index contributed by atoms with van der Waals surface area (Å²) in [5.74, 6) is -0.0875. The molecule has 0 fully saturated rings. The van der Waals surface area contributed by atoms with Crippen molar-refractivity contribution in [3.8, 4) is 11.5 Å². The normalized spacial score (nSPS) is 10.8. The number of aromatic nitrogens is 1. The minimum atomic E-state index is -0.466. The number of methoxy groups -OCH3 is 2. The van der Waals surface area contributed by atoms with Gasteiger partial charge in [0.1, 0.15) is 17.2 Å². The topological polar surface area (TPSA) is 96.3 Å². The summed E-state index contributed by atoms with van der Waals surface area (Å²) >= 11 is 0. The first-order chi connectivity index (χ1) is 17.2. The quantitative estimate of drug-likeness (QED) is 0.218. The van der Waals surface area contributed by atoms with Gasteiger partial charge in [0.15, 0.2) is 5.78 Å². The van der Waals surface area contributed by atoms with Crippen molar-refractivity contribution in [1.29, 1.82) is 0 Å². The number of nitrogens with zero attached hydrogens (tertiary/aromatic N) is 2. The van der Waals surface area contributed by atoms with Gasteiger partial charge in [0, 0.05) is 49.2 Å². The van der Waals surface area contributed by atoms with Crippen LogP contribution in [0.3, 0.4) is 0 Å². The molecular weight excluding hydrogens is 464 g/mol. The summed E-state index contributed by atoms with van der Waals surface area (Å²) in [6, 6.07) is 4.92. The zero-order valence-corrected chi connectivity index (χ0v) is 22.4. The van der Waals surface area contributed by atoms with Crippen LogP contribution in [0.1, 0.15) is 69.7 Å². The summed E-state index contributed by atoms with van der Waals surface area (Å²) < 4.78 is 23.1. The highest BCUT2D eigenvalue weighted by atomic mass is 16.5. The van der Waals surface area contributed by atoms with Crippen LogP contribution in [-0.4, -0.2) is 74.3 Å². The largest absolute Gasteiger partial charge is 0.497 e. The third-order valence-electron chi connectivity index (χ3n) is 5.97. The van der Waals surface area contributed by atoms with Crippen molar-refractivity contribution in [2.24, 2.45) is 0 Å². The molecule has 0 spiro atoms. The molecule has 0 radical (unpaired) electrons. The summed E-state index contributed by atoms with van der Waals surface area (Å²) in [5.41, 5.74) is 2.38. The van der Waals surface area contributed by atoms with E-state index >= 15 is 0 Å². The Morgan fingerprint density at radius 3 is 2.11 bits per heavy atom. The second-order valence-corrected chi connectivity index (χ2v) is 8.20. The fourth-order valence-electron chi connectivity index (χ4n) is 4.28. The maximum atomic E-state index is 13.6. The molecule has 0 aliphatic heterocycles. The Kier molecular flexibility index (Phi) is 11.0. The lowest BCUT2D eigenvalue weighted by Gasteiger charge is -2.23. The number of rotatable bonds is 14. The molecule has 1 heterocycles. The Hall–Kier alpha value is -3.33. The van der Waals surface area contributed by atoms with E-state index in [4.69, 9.17) is 18.9 Å². The van der Waals surface area contributed by atoms with Crippen LogP contribution >= 0.6 is 0 Å². The number of hydrogen-bond donors (Lipinski definition) is 0. The minimum absolute atomic E-state index is 0.151. The molecule has 0 unspecified atom stereocenters. The van der Waals surface area contributed by atoms with Crippen molar-refractivity contribution in [2.75, 3.05) is 47.1 Å². The number of esters is 1. The van der Waals surface area contributed by atoms with Gasteiger partial charge in [-0.15, -0.1) is 0 Å². The number of benzene rings is 1. The first-order valence-corrected chi connectivity index (χ1v) is 12.2. The van der Waals surface area contributed by atoms with Crippen LogP contribution in [0.4, 0.5) is 0 Å². The zero-order valence-electron chi connectivity index (χ0n) is 22.4. The number of ketones is 1. The van der Waals surface area contributed by atoms with E-state index in [-0.39, 0.29) is 24.8 Å². The molecule has 0 bridgehead atoms. The van der Waals surface area contributed by atoms with Gasteiger partial charge < -0.3 is 28.4 Å². The average molecular weight is 503 g/mol. The highest BCUT2D eigenvalue weighted by molar-refractivity contribution is 6.06. The van der Waals surface area contributed by atoms with Crippen LogP contribution in [0.5, 0.6) is 11.5 Å². The molecule has 0 aliphatic carbocycles. The van der Waals surface area contributed by atoms with Gasteiger partial charge in [0.25, 0.3) is 5.91 Å². The Morgan fingerprint density at radius 1 is 0.944 bits per heavy atom. The van der Waals surface area contributed by atoms with E-state index in [1.807, 2.05) is 13.8 Å². The minimum Gasteiger partial charge on any atom is -0.497 e. The van der Waals surface area contributed by atoms with Crippen LogP contribution in [0.2, 0.25) is 0 Å². The molecule has 198 valence electrons. The van der Waals surface area contributed by atoms with Gasteiger partial charge >= 0.3 is 5.97 Å². The van der Waals surface area contributed by atoms with Crippen LogP contribution < -0.4 is 9.47 Å². The fraction of sp³-hybridized carbons (Fsp3) is 0.519. The highest BCUT2D eigenvalue weighted by Gasteiger charge is 2.29. The molecular formula is C27H38N2O7. The number of carbonyl (C=O) groups excluding carboxylic acids is 3. The van der Waals surface area contributed by atoms with Gasteiger partial charge in [-0.3, -0.25) is 9.59 Å². The molecule has 9 heteroatoms. The number of carbonyl (C=O) groups is 3. The van der Waals surface area contributed by atoms with Crippen LogP contribution in [0.25, 0.3) is 0 Å². The third kappa shape index (κ3) is 6.66. The maximum Gasteiger partial charge on any atom is 0.355 e. The average Bonchev–Trinajstić information content (AvgIpc) is 3.13. The van der Waals surface area contributed by atoms with Crippen LogP contribution in [0, 0.1) is 13.8 Å². The van der Waals surface area contributed by atoms with Crippen molar-refractivity contribution in [1.82, 2.24) is 9.47 Å². The number of amides is 1. The Labute approximate surface area is 213 Å². The van der Waals surface area contributed by atoms with E-state index in [0.717, 1.165) is 0 Å². The van der Waals surface area contributed by atoms with Crippen molar-refractivity contribution in [3.05, 3.63) is 46.3 Å². The maximum absolute atomic E-state index is 13.6.